The lowest BCUT2D eigenvalue weighted by atomic mass is 10.1. The van der Waals surface area contributed by atoms with Crippen LogP contribution in [0.15, 0.2) is 65.4 Å². The molecule has 0 radical (unpaired) electrons. The van der Waals surface area contributed by atoms with Crippen molar-refractivity contribution in [1.29, 1.82) is 0 Å². The van der Waals surface area contributed by atoms with Gasteiger partial charge in [0.1, 0.15) is 24.3 Å². The molecule has 2 aromatic carbocycles. The number of benzene rings is 2. The number of halogens is 3. The maximum absolute atomic E-state index is 12.7. The Morgan fingerprint density at radius 2 is 1.76 bits per heavy atom. The average molecular weight is 584 g/mol. The quantitative estimate of drug-likeness (QED) is 0.171. The van der Waals surface area contributed by atoms with Crippen molar-refractivity contribution in [3.63, 3.8) is 0 Å². The monoisotopic (exact) mass is 583 g/mol. The van der Waals surface area contributed by atoms with Crippen LogP contribution in [-0.4, -0.2) is 51.7 Å². The number of aromatic nitrogens is 4. The van der Waals surface area contributed by atoms with E-state index in [1.807, 2.05) is 30.5 Å². The Labute approximate surface area is 241 Å². The number of oxazole rings is 1. The van der Waals surface area contributed by atoms with Crippen LogP contribution in [0.1, 0.15) is 46.8 Å². The summed E-state index contributed by atoms with van der Waals surface area (Å²) in [5.74, 6) is 1.03. The van der Waals surface area contributed by atoms with E-state index < -0.39 is 11.7 Å². The molecule has 222 valence electrons. The van der Waals surface area contributed by atoms with Crippen LogP contribution < -0.4 is 4.74 Å². The number of unbranched alkanes of at least 4 members (excludes halogenated alkanes) is 1. The number of carbonyl (C=O) groups is 1. The first kappa shape index (κ1) is 30.4. The molecular formula is C30H32F3N5O4. The van der Waals surface area contributed by atoms with Gasteiger partial charge in [-0.2, -0.15) is 13.2 Å². The van der Waals surface area contributed by atoms with Gasteiger partial charge < -0.3 is 18.8 Å². The lowest BCUT2D eigenvalue weighted by molar-refractivity contribution is -0.137. The second kappa shape index (κ2) is 14.3. The SMILES string of the molecule is CN(C)C(=O)OCCc1cn(CCCCc2ccc(OCc3coc(/C=C/c4ccc(C(F)(F)F)cc4)n3)cc2)nn1. The predicted molar refractivity (Wildman–Crippen MR) is 149 cm³/mol. The van der Waals surface area contributed by atoms with Gasteiger partial charge in [0.2, 0.25) is 5.89 Å². The predicted octanol–water partition coefficient (Wildman–Crippen LogP) is 6.30. The molecule has 0 saturated heterocycles. The zero-order chi connectivity index (χ0) is 30.0. The fourth-order valence-corrected chi connectivity index (χ4v) is 3.86. The van der Waals surface area contributed by atoms with Crippen molar-refractivity contribution in [1.82, 2.24) is 24.9 Å². The zero-order valence-electron chi connectivity index (χ0n) is 23.4. The van der Waals surface area contributed by atoms with Crippen LogP contribution in [0, 0.1) is 0 Å². The first-order valence-corrected chi connectivity index (χ1v) is 13.4. The number of alkyl halides is 3. The topological polar surface area (TPSA) is 95.5 Å². The van der Waals surface area contributed by atoms with Crippen LogP contribution in [0.5, 0.6) is 5.75 Å². The summed E-state index contributed by atoms with van der Waals surface area (Å²) in [4.78, 5) is 17.2. The Hall–Kier alpha value is -4.61. The Morgan fingerprint density at radius 1 is 1.00 bits per heavy atom. The summed E-state index contributed by atoms with van der Waals surface area (Å²) < 4.78 is 56.2. The maximum Gasteiger partial charge on any atom is 0.416 e. The van der Waals surface area contributed by atoms with Gasteiger partial charge in [0.05, 0.1) is 17.9 Å². The molecule has 0 bridgehead atoms. The summed E-state index contributed by atoms with van der Waals surface area (Å²) in [6.45, 7) is 1.24. The number of amides is 1. The minimum atomic E-state index is -4.36. The summed E-state index contributed by atoms with van der Waals surface area (Å²) >= 11 is 0. The zero-order valence-corrected chi connectivity index (χ0v) is 23.4. The van der Waals surface area contributed by atoms with Crippen molar-refractivity contribution < 1.29 is 31.9 Å². The van der Waals surface area contributed by atoms with E-state index in [1.54, 1.807) is 30.9 Å². The summed E-state index contributed by atoms with van der Waals surface area (Å²) in [5.41, 5.74) is 2.48. The number of carbonyl (C=O) groups excluding carboxylic acids is 1. The van der Waals surface area contributed by atoms with Crippen LogP contribution in [0.4, 0.5) is 18.0 Å². The van der Waals surface area contributed by atoms with Crippen molar-refractivity contribution in [2.75, 3.05) is 20.7 Å². The van der Waals surface area contributed by atoms with E-state index in [-0.39, 0.29) is 19.3 Å². The highest BCUT2D eigenvalue weighted by Crippen LogP contribution is 2.29. The van der Waals surface area contributed by atoms with E-state index in [0.29, 0.717) is 29.3 Å². The third kappa shape index (κ3) is 9.50. The minimum absolute atomic E-state index is 0.217. The molecule has 0 aliphatic rings. The van der Waals surface area contributed by atoms with Crippen molar-refractivity contribution >= 4 is 18.2 Å². The van der Waals surface area contributed by atoms with E-state index in [2.05, 4.69) is 15.3 Å². The molecule has 9 nitrogen and oxygen atoms in total. The lowest BCUT2D eigenvalue weighted by Gasteiger charge is -2.09. The molecule has 4 rings (SSSR count). The Bertz CT molecular complexity index is 1440. The molecule has 0 atom stereocenters. The molecule has 0 spiro atoms. The highest BCUT2D eigenvalue weighted by Gasteiger charge is 2.29. The van der Waals surface area contributed by atoms with Gasteiger partial charge in [0.15, 0.2) is 0 Å². The van der Waals surface area contributed by atoms with Crippen LogP contribution in [0.2, 0.25) is 0 Å². The Balaban J connectivity index is 1.14. The largest absolute Gasteiger partial charge is 0.487 e. The van der Waals surface area contributed by atoms with Crippen molar-refractivity contribution in [2.24, 2.45) is 0 Å². The molecule has 0 unspecified atom stereocenters. The van der Waals surface area contributed by atoms with E-state index in [1.165, 1.54) is 28.9 Å². The van der Waals surface area contributed by atoms with Gasteiger partial charge in [-0.3, -0.25) is 4.68 Å². The molecule has 0 saturated carbocycles. The summed E-state index contributed by atoms with van der Waals surface area (Å²) in [5, 5.41) is 8.26. The van der Waals surface area contributed by atoms with Crippen LogP contribution >= 0.6 is 0 Å². The fraction of sp³-hybridized carbons (Fsp3) is 0.333. The van der Waals surface area contributed by atoms with E-state index in [9.17, 15) is 18.0 Å². The number of aryl methyl sites for hydroxylation is 2. The summed E-state index contributed by atoms with van der Waals surface area (Å²) in [7, 11) is 3.27. The van der Waals surface area contributed by atoms with Gasteiger partial charge in [0, 0.05) is 39.3 Å². The fourth-order valence-electron chi connectivity index (χ4n) is 3.86. The molecule has 0 aliphatic carbocycles. The summed E-state index contributed by atoms with van der Waals surface area (Å²) in [6, 6.07) is 12.7. The van der Waals surface area contributed by atoms with Gasteiger partial charge in [-0.05, 0) is 60.7 Å². The van der Waals surface area contributed by atoms with Crippen LogP contribution in [0.25, 0.3) is 12.2 Å². The molecule has 0 fully saturated rings. The second-order valence-electron chi connectivity index (χ2n) is 9.75. The Kier molecular flexibility index (Phi) is 10.4. The molecule has 42 heavy (non-hydrogen) atoms. The molecule has 4 aromatic rings. The third-order valence-corrected chi connectivity index (χ3v) is 6.17. The first-order chi connectivity index (χ1) is 20.2. The van der Waals surface area contributed by atoms with Crippen molar-refractivity contribution in [3.8, 4) is 5.75 Å². The van der Waals surface area contributed by atoms with Gasteiger partial charge in [-0.1, -0.05) is 29.5 Å². The number of hydrogen-bond donors (Lipinski definition) is 0. The standard InChI is InChI=1S/C30H32F3N5O4/c1-37(2)29(39)40-18-16-25-19-38(36-35-25)17-4-3-5-22-8-13-27(14-9-22)41-20-26-21-42-28(34-26)15-10-23-6-11-24(12-7-23)30(31,32)33/h6-15,19,21H,3-5,16-18,20H2,1-2H3/b15-10+. The highest BCUT2D eigenvalue weighted by atomic mass is 19.4. The van der Waals surface area contributed by atoms with Crippen LogP contribution in [-0.2, 0) is 36.9 Å². The highest BCUT2D eigenvalue weighted by molar-refractivity contribution is 5.67. The van der Waals surface area contributed by atoms with Gasteiger partial charge >= 0.3 is 12.3 Å². The van der Waals surface area contributed by atoms with E-state index in [0.717, 1.165) is 43.6 Å². The summed E-state index contributed by atoms with van der Waals surface area (Å²) in [6.07, 6.45) is 5.21. The van der Waals surface area contributed by atoms with Gasteiger partial charge in [0.25, 0.3) is 0 Å². The first-order valence-electron chi connectivity index (χ1n) is 13.4. The average Bonchev–Trinajstić information content (AvgIpc) is 3.63. The normalized spacial score (nSPS) is 11.6. The Morgan fingerprint density at radius 3 is 2.48 bits per heavy atom. The number of rotatable bonds is 13. The van der Waals surface area contributed by atoms with Crippen LogP contribution in [0.3, 0.4) is 0 Å². The molecule has 12 heteroatoms. The third-order valence-electron chi connectivity index (χ3n) is 6.17. The maximum atomic E-state index is 12.7. The number of nitrogens with zero attached hydrogens (tertiary/aromatic N) is 5. The molecule has 0 N–H and O–H groups in total. The minimum Gasteiger partial charge on any atom is -0.487 e. The molecule has 2 heterocycles. The molecule has 2 aromatic heterocycles. The molecular weight excluding hydrogens is 551 g/mol. The van der Waals surface area contributed by atoms with Gasteiger partial charge in [-0.15, -0.1) is 5.10 Å². The van der Waals surface area contributed by atoms with Gasteiger partial charge in [-0.25, -0.2) is 9.78 Å². The molecule has 1 amide bonds. The number of hydrogen-bond acceptors (Lipinski definition) is 7. The smallest absolute Gasteiger partial charge is 0.416 e. The van der Waals surface area contributed by atoms with E-state index >= 15 is 0 Å². The second-order valence-corrected chi connectivity index (χ2v) is 9.75. The lowest BCUT2D eigenvalue weighted by Crippen LogP contribution is -2.23. The van der Waals surface area contributed by atoms with Crippen molar-refractivity contribution in [2.45, 2.75) is 45.0 Å². The van der Waals surface area contributed by atoms with E-state index in [4.69, 9.17) is 13.9 Å². The van der Waals surface area contributed by atoms with Crippen molar-refractivity contribution in [3.05, 3.63) is 95.0 Å². The number of ether oxygens (including phenoxy) is 2. The molecule has 0 aliphatic heterocycles.